The second kappa shape index (κ2) is 5.86. The summed E-state index contributed by atoms with van der Waals surface area (Å²) in [5.74, 6) is 0.281. The summed E-state index contributed by atoms with van der Waals surface area (Å²) in [5.41, 5.74) is 5.48. The molecular weight excluding hydrogens is 240 g/mol. The number of ether oxygens (including phenoxy) is 1. The SMILES string of the molecule is Cl.NC(=O)c1cccnc1Oc1ccccc1. The van der Waals surface area contributed by atoms with E-state index >= 15 is 0 Å². The molecule has 5 heteroatoms. The third kappa shape index (κ3) is 3.19. The first-order chi connectivity index (χ1) is 7.77. The fraction of sp³-hybridized carbons (Fsp3) is 0. The van der Waals surface area contributed by atoms with Crippen molar-refractivity contribution in [2.75, 3.05) is 0 Å². The first-order valence-electron chi connectivity index (χ1n) is 4.75. The van der Waals surface area contributed by atoms with Crippen molar-refractivity contribution in [2.24, 2.45) is 5.73 Å². The number of benzene rings is 1. The van der Waals surface area contributed by atoms with Crippen LogP contribution < -0.4 is 10.5 Å². The maximum atomic E-state index is 11.1. The molecule has 0 spiro atoms. The molecule has 1 aromatic heterocycles. The van der Waals surface area contributed by atoms with E-state index in [1.54, 1.807) is 30.5 Å². The van der Waals surface area contributed by atoms with Crippen molar-refractivity contribution in [3.05, 3.63) is 54.2 Å². The fourth-order valence-corrected chi connectivity index (χ4v) is 1.26. The molecular formula is C12H11ClN2O2. The van der Waals surface area contributed by atoms with Gasteiger partial charge < -0.3 is 10.5 Å². The first kappa shape index (κ1) is 13.0. The van der Waals surface area contributed by atoms with Crippen molar-refractivity contribution in [3.8, 4) is 11.6 Å². The summed E-state index contributed by atoms with van der Waals surface area (Å²) >= 11 is 0. The van der Waals surface area contributed by atoms with Crippen LogP contribution in [0.25, 0.3) is 0 Å². The van der Waals surface area contributed by atoms with Gasteiger partial charge in [-0.05, 0) is 24.3 Å². The van der Waals surface area contributed by atoms with Crippen LogP contribution in [0, 0.1) is 0 Å². The monoisotopic (exact) mass is 250 g/mol. The van der Waals surface area contributed by atoms with Gasteiger partial charge in [-0.25, -0.2) is 4.98 Å². The van der Waals surface area contributed by atoms with Gasteiger partial charge >= 0.3 is 0 Å². The number of primary amides is 1. The number of aromatic nitrogens is 1. The van der Waals surface area contributed by atoms with Gasteiger partial charge in [0.2, 0.25) is 5.88 Å². The number of carbonyl (C=O) groups excluding carboxylic acids is 1. The lowest BCUT2D eigenvalue weighted by Crippen LogP contribution is -2.12. The highest BCUT2D eigenvalue weighted by Gasteiger charge is 2.10. The lowest BCUT2D eigenvalue weighted by Gasteiger charge is -2.06. The lowest BCUT2D eigenvalue weighted by atomic mass is 10.2. The Morgan fingerprint density at radius 2 is 1.82 bits per heavy atom. The van der Waals surface area contributed by atoms with Crippen LogP contribution >= 0.6 is 12.4 Å². The maximum absolute atomic E-state index is 11.1. The van der Waals surface area contributed by atoms with Crippen LogP contribution in [-0.4, -0.2) is 10.9 Å². The van der Waals surface area contributed by atoms with E-state index in [1.165, 1.54) is 0 Å². The van der Waals surface area contributed by atoms with Crippen LogP contribution in [0.2, 0.25) is 0 Å². The number of halogens is 1. The number of hydrogen-bond acceptors (Lipinski definition) is 3. The molecule has 0 saturated carbocycles. The number of para-hydroxylation sites is 1. The highest BCUT2D eigenvalue weighted by atomic mass is 35.5. The fourth-order valence-electron chi connectivity index (χ4n) is 1.26. The van der Waals surface area contributed by atoms with Crippen molar-refractivity contribution in [3.63, 3.8) is 0 Å². The molecule has 17 heavy (non-hydrogen) atoms. The van der Waals surface area contributed by atoms with E-state index in [-0.39, 0.29) is 23.9 Å². The van der Waals surface area contributed by atoms with Gasteiger partial charge in [0.15, 0.2) is 0 Å². The first-order valence-corrected chi connectivity index (χ1v) is 4.75. The predicted molar refractivity (Wildman–Crippen MR) is 66.5 cm³/mol. The average Bonchev–Trinajstić information content (AvgIpc) is 2.31. The number of pyridine rings is 1. The molecule has 0 aliphatic carbocycles. The molecule has 1 amide bonds. The van der Waals surface area contributed by atoms with E-state index in [0.717, 1.165) is 0 Å². The molecule has 2 aromatic rings. The Labute approximate surface area is 105 Å². The van der Waals surface area contributed by atoms with Crippen molar-refractivity contribution >= 4 is 18.3 Å². The molecule has 0 aliphatic heterocycles. The predicted octanol–water partition coefficient (Wildman–Crippen LogP) is 2.39. The summed E-state index contributed by atoms with van der Waals surface area (Å²) in [4.78, 5) is 15.1. The Morgan fingerprint density at radius 1 is 1.12 bits per heavy atom. The van der Waals surface area contributed by atoms with E-state index in [2.05, 4.69) is 4.98 Å². The van der Waals surface area contributed by atoms with Crippen LogP contribution in [0.15, 0.2) is 48.7 Å². The van der Waals surface area contributed by atoms with Gasteiger partial charge in [0.25, 0.3) is 5.91 Å². The number of amides is 1. The molecule has 0 atom stereocenters. The maximum Gasteiger partial charge on any atom is 0.254 e. The molecule has 2 rings (SSSR count). The summed E-state index contributed by atoms with van der Waals surface area (Å²) in [6, 6.07) is 12.3. The molecule has 0 aliphatic rings. The zero-order chi connectivity index (χ0) is 11.4. The Bertz CT molecular complexity index is 503. The molecule has 0 fully saturated rings. The van der Waals surface area contributed by atoms with Gasteiger partial charge in [0, 0.05) is 6.20 Å². The zero-order valence-electron chi connectivity index (χ0n) is 8.87. The van der Waals surface area contributed by atoms with E-state index in [9.17, 15) is 4.79 Å². The molecule has 2 N–H and O–H groups in total. The van der Waals surface area contributed by atoms with E-state index in [1.807, 2.05) is 18.2 Å². The number of rotatable bonds is 3. The van der Waals surface area contributed by atoms with Gasteiger partial charge in [-0.3, -0.25) is 4.79 Å². The molecule has 88 valence electrons. The summed E-state index contributed by atoms with van der Waals surface area (Å²) in [5, 5.41) is 0. The number of carbonyl (C=O) groups is 1. The lowest BCUT2D eigenvalue weighted by molar-refractivity contribution is 0.0997. The van der Waals surface area contributed by atoms with Crippen molar-refractivity contribution in [1.82, 2.24) is 4.98 Å². The summed E-state index contributed by atoms with van der Waals surface area (Å²) < 4.78 is 5.46. The van der Waals surface area contributed by atoms with E-state index < -0.39 is 5.91 Å². The minimum absolute atomic E-state index is 0. The zero-order valence-corrected chi connectivity index (χ0v) is 9.68. The van der Waals surface area contributed by atoms with Gasteiger partial charge in [-0.1, -0.05) is 18.2 Å². The number of nitrogens with zero attached hydrogens (tertiary/aromatic N) is 1. The topological polar surface area (TPSA) is 65.2 Å². The Balaban J connectivity index is 0.00000144. The van der Waals surface area contributed by atoms with Crippen LogP contribution in [-0.2, 0) is 0 Å². The summed E-state index contributed by atoms with van der Waals surface area (Å²) in [6.07, 6.45) is 1.55. The van der Waals surface area contributed by atoms with Gasteiger partial charge in [-0.2, -0.15) is 0 Å². The normalized spacial score (nSPS) is 9.18. The minimum Gasteiger partial charge on any atom is -0.438 e. The molecule has 0 bridgehead atoms. The van der Waals surface area contributed by atoms with Gasteiger partial charge in [-0.15, -0.1) is 12.4 Å². The molecule has 1 aromatic carbocycles. The van der Waals surface area contributed by atoms with Crippen molar-refractivity contribution in [1.29, 1.82) is 0 Å². The van der Waals surface area contributed by atoms with Crippen molar-refractivity contribution in [2.45, 2.75) is 0 Å². The Hall–Kier alpha value is -2.07. The third-order valence-corrected chi connectivity index (χ3v) is 1.99. The van der Waals surface area contributed by atoms with Gasteiger partial charge in [0.1, 0.15) is 11.3 Å². The van der Waals surface area contributed by atoms with E-state index in [0.29, 0.717) is 5.75 Å². The minimum atomic E-state index is -0.556. The van der Waals surface area contributed by atoms with Crippen molar-refractivity contribution < 1.29 is 9.53 Å². The van der Waals surface area contributed by atoms with Crippen LogP contribution in [0.3, 0.4) is 0 Å². The van der Waals surface area contributed by atoms with Gasteiger partial charge in [0.05, 0.1) is 0 Å². The largest absolute Gasteiger partial charge is 0.438 e. The number of hydrogen-bond donors (Lipinski definition) is 1. The highest BCUT2D eigenvalue weighted by molar-refractivity contribution is 5.95. The average molecular weight is 251 g/mol. The van der Waals surface area contributed by atoms with Crippen LogP contribution in [0.1, 0.15) is 10.4 Å². The Kier molecular flexibility index (Phi) is 4.48. The summed E-state index contributed by atoms with van der Waals surface area (Å²) in [7, 11) is 0. The van der Waals surface area contributed by atoms with Crippen LogP contribution in [0.5, 0.6) is 11.6 Å². The second-order valence-electron chi connectivity index (χ2n) is 3.14. The van der Waals surface area contributed by atoms with Crippen LogP contribution in [0.4, 0.5) is 0 Å². The Morgan fingerprint density at radius 3 is 2.47 bits per heavy atom. The molecule has 0 unspecified atom stereocenters. The quantitative estimate of drug-likeness (QED) is 0.910. The smallest absolute Gasteiger partial charge is 0.254 e. The third-order valence-electron chi connectivity index (χ3n) is 1.99. The summed E-state index contributed by atoms with van der Waals surface area (Å²) in [6.45, 7) is 0. The molecule has 4 nitrogen and oxygen atoms in total. The molecule has 0 radical (unpaired) electrons. The second-order valence-corrected chi connectivity index (χ2v) is 3.14. The molecule has 1 heterocycles. The number of nitrogens with two attached hydrogens (primary N) is 1. The standard InChI is InChI=1S/C12H10N2O2.ClH/c13-11(15)10-7-4-8-14-12(10)16-9-5-2-1-3-6-9;/h1-8H,(H2,13,15);1H. The molecule has 0 saturated heterocycles. The highest BCUT2D eigenvalue weighted by Crippen LogP contribution is 2.21. The van der Waals surface area contributed by atoms with E-state index in [4.69, 9.17) is 10.5 Å².